The van der Waals surface area contributed by atoms with E-state index in [-0.39, 0.29) is 23.6 Å². The molecule has 0 saturated heterocycles. The van der Waals surface area contributed by atoms with Crippen LogP contribution in [0.4, 0.5) is 11.4 Å². The van der Waals surface area contributed by atoms with Gasteiger partial charge in [-0.2, -0.15) is 0 Å². The number of Topliss-reactive ketones (excluding diaryl/α,β-unsaturated/α-hetero) is 1. The molecule has 7 nitrogen and oxygen atoms in total. The maximum atomic E-state index is 11.7. The van der Waals surface area contributed by atoms with Crippen LogP contribution in [0.1, 0.15) is 10.4 Å². The number of ether oxygens (including phenoxy) is 1. The number of nitro groups is 1. The normalized spacial score (nSPS) is 16.8. The molecule has 0 bridgehead atoms. The Morgan fingerprint density at radius 1 is 1.35 bits per heavy atom. The molecule has 2 aliphatic rings. The standard InChI is InChI=1S/C10H6N2O5/c13-9-6-3-5(12(15)16)4-7-8(6)11(10(9)14)1-2-17-7/h3-4H,1-2H2. The quantitative estimate of drug-likeness (QED) is 0.401. The highest BCUT2D eigenvalue weighted by molar-refractivity contribution is 6.52. The van der Waals surface area contributed by atoms with Crippen LogP contribution >= 0.6 is 0 Å². The number of nitrogens with zero attached hydrogens (tertiary/aromatic N) is 2. The Bertz CT molecular complexity index is 580. The van der Waals surface area contributed by atoms with Gasteiger partial charge in [-0.15, -0.1) is 0 Å². The lowest BCUT2D eigenvalue weighted by Crippen LogP contribution is -2.36. The number of amides is 1. The summed E-state index contributed by atoms with van der Waals surface area (Å²) in [6, 6.07) is 2.35. The minimum absolute atomic E-state index is 0.0545. The van der Waals surface area contributed by atoms with Gasteiger partial charge in [0.2, 0.25) is 0 Å². The van der Waals surface area contributed by atoms with Gasteiger partial charge in [-0.05, 0) is 0 Å². The van der Waals surface area contributed by atoms with Crippen molar-refractivity contribution in [3.8, 4) is 5.75 Å². The summed E-state index contributed by atoms with van der Waals surface area (Å²) in [5, 5.41) is 10.7. The molecule has 1 amide bonds. The predicted molar refractivity (Wildman–Crippen MR) is 55.3 cm³/mol. The molecule has 0 radical (unpaired) electrons. The molecule has 0 fully saturated rings. The summed E-state index contributed by atoms with van der Waals surface area (Å²) in [7, 11) is 0. The van der Waals surface area contributed by atoms with Gasteiger partial charge >= 0.3 is 0 Å². The topological polar surface area (TPSA) is 89.8 Å². The Kier molecular flexibility index (Phi) is 1.74. The summed E-state index contributed by atoms with van der Waals surface area (Å²) < 4.78 is 5.25. The minimum Gasteiger partial charge on any atom is -0.489 e. The van der Waals surface area contributed by atoms with E-state index in [9.17, 15) is 19.7 Å². The molecule has 0 atom stereocenters. The summed E-state index contributed by atoms with van der Waals surface area (Å²) in [6.07, 6.45) is 0. The van der Waals surface area contributed by atoms with Crippen molar-refractivity contribution in [3.63, 3.8) is 0 Å². The van der Waals surface area contributed by atoms with E-state index >= 15 is 0 Å². The fraction of sp³-hybridized carbons (Fsp3) is 0.200. The Labute approximate surface area is 94.7 Å². The van der Waals surface area contributed by atoms with Gasteiger partial charge in [0.05, 0.1) is 28.8 Å². The number of hydrogen-bond acceptors (Lipinski definition) is 5. The van der Waals surface area contributed by atoms with Gasteiger partial charge in [0.25, 0.3) is 17.4 Å². The molecule has 1 aromatic carbocycles. The first kappa shape index (κ1) is 9.76. The molecule has 0 aromatic heterocycles. The minimum atomic E-state index is -0.713. The number of nitro benzene ring substituents is 1. The lowest BCUT2D eigenvalue weighted by molar-refractivity contribution is -0.384. The summed E-state index contributed by atoms with van der Waals surface area (Å²) >= 11 is 0. The highest BCUT2D eigenvalue weighted by atomic mass is 16.6. The largest absolute Gasteiger partial charge is 0.489 e. The van der Waals surface area contributed by atoms with Crippen LogP contribution in [-0.2, 0) is 4.79 Å². The van der Waals surface area contributed by atoms with E-state index in [1.54, 1.807) is 0 Å². The number of rotatable bonds is 1. The van der Waals surface area contributed by atoms with Gasteiger partial charge < -0.3 is 4.74 Å². The molecule has 1 aromatic rings. The Hall–Kier alpha value is -2.44. The fourth-order valence-corrected chi connectivity index (χ4v) is 2.06. The van der Waals surface area contributed by atoms with Crippen molar-refractivity contribution in [1.29, 1.82) is 0 Å². The maximum absolute atomic E-state index is 11.7. The smallest absolute Gasteiger partial charge is 0.299 e. The molecule has 2 heterocycles. The molecule has 86 valence electrons. The van der Waals surface area contributed by atoms with Gasteiger partial charge in [0.1, 0.15) is 6.61 Å². The van der Waals surface area contributed by atoms with Gasteiger partial charge in [0, 0.05) is 6.07 Å². The fourth-order valence-electron chi connectivity index (χ4n) is 2.06. The Morgan fingerprint density at radius 3 is 2.82 bits per heavy atom. The van der Waals surface area contributed by atoms with E-state index in [4.69, 9.17) is 4.74 Å². The monoisotopic (exact) mass is 234 g/mol. The zero-order valence-electron chi connectivity index (χ0n) is 8.50. The third-order valence-corrected chi connectivity index (χ3v) is 2.80. The van der Waals surface area contributed by atoms with Crippen molar-refractivity contribution in [2.75, 3.05) is 18.1 Å². The second-order valence-corrected chi connectivity index (χ2v) is 3.73. The number of carbonyl (C=O) groups excluding carboxylic acids is 2. The molecule has 0 spiro atoms. The van der Waals surface area contributed by atoms with Crippen LogP contribution in [0.5, 0.6) is 5.75 Å². The molecule has 2 aliphatic heterocycles. The van der Waals surface area contributed by atoms with Crippen LogP contribution in [0.2, 0.25) is 0 Å². The second-order valence-electron chi connectivity index (χ2n) is 3.73. The van der Waals surface area contributed by atoms with Crippen molar-refractivity contribution in [3.05, 3.63) is 27.8 Å². The third kappa shape index (κ3) is 1.16. The number of hydrogen-bond donors (Lipinski definition) is 0. The molecule has 0 aliphatic carbocycles. The molecule has 0 saturated carbocycles. The van der Waals surface area contributed by atoms with Crippen molar-refractivity contribution in [2.24, 2.45) is 0 Å². The summed E-state index contributed by atoms with van der Waals surface area (Å²) in [5.74, 6) is -1.14. The van der Waals surface area contributed by atoms with E-state index in [0.717, 1.165) is 6.07 Å². The second kappa shape index (κ2) is 3.03. The van der Waals surface area contributed by atoms with Gasteiger partial charge in [0.15, 0.2) is 5.75 Å². The van der Waals surface area contributed by atoms with Gasteiger partial charge in [-0.3, -0.25) is 24.6 Å². The number of anilines is 1. The first-order valence-corrected chi connectivity index (χ1v) is 4.91. The van der Waals surface area contributed by atoms with Crippen molar-refractivity contribution in [2.45, 2.75) is 0 Å². The van der Waals surface area contributed by atoms with E-state index in [1.807, 2.05) is 0 Å². The SMILES string of the molecule is O=C1C(=O)N2CCOc3cc([N+](=O)[O-])cc1c32. The predicted octanol–water partition coefficient (Wildman–Crippen LogP) is 0.516. The third-order valence-electron chi connectivity index (χ3n) is 2.80. The van der Waals surface area contributed by atoms with Crippen LogP contribution in [0.15, 0.2) is 12.1 Å². The van der Waals surface area contributed by atoms with E-state index < -0.39 is 16.6 Å². The molecule has 0 unspecified atom stereocenters. The summed E-state index contributed by atoms with van der Waals surface area (Å²) in [4.78, 5) is 34.6. The first-order chi connectivity index (χ1) is 8.09. The number of non-ortho nitro benzene ring substituents is 1. The molecule has 7 heteroatoms. The van der Waals surface area contributed by atoms with E-state index in [2.05, 4.69) is 0 Å². The molecular formula is C10H6N2O5. The highest BCUT2D eigenvalue weighted by Gasteiger charge is 2.41. The Morgan fingerprint density at radius 2 is 2.12 bits per heavy atom. The average molecular weight is 234 g/mol. The highest BCUT2D eigenvalue weighted by Crippen LogP contribution is 2.42. The number of carbonyl (C=O) groups is 2. The van der Waals surface area contributed by atoms with Crippen molar-refractivity contribution < 1.29 is 19.2 Å². The lowest BCUT2D eigenvalue weighted by Gasteiger charge is -2.24. The zero-order chi connectivity index (χ0) is 12.2. The molecule has 3 rings (SSSR count). The van der Waals surface area contributed by atoms with Crippen LogP contribution in [0.3, 0.4) is 0 Å². The van der Waals surface area contributed by atoms with Crippen LogP contribution < -0.4 is 9.64 Å². The summed E-state index contributed by atoms with van der Waals surface area (Å²) in [6.45, 7) is 0.523. The zero-order valence-corrected chi connectivity index (χ0v) is 8.50. The number of benzene rings is 1. The Balaban J connectivity index is 2.29. The van der Waals surface area contributed by atoms with Gasteiger partial charge in [-0.25, -0.2) is 0 Å². The average Bonchev–Trinajstić information content (AvgIpc) is 2.57. The van der Waals surface area contributed by atoms with Gasteiger partial charge in [-0.1, -0.05) is 0 Å². The van der Waals surface area contributed by atoms with Crippen molar-refractivity contribution >= 4 is 23.1 Å². The van der Waals surface area contributed by atoms with Crippen molar-refractivity contribution in [1.82, 2.24) is 0 Å². The van der Waals surface area contributed by atoms with E-state index in [0.29, 0.717) is 12.2 Å². The number of ketones is 1. The maximum Gasteiger partial charge on any atom is 0.299 e. The van der Waals surface area contributed by atoms with Crippen LogP contribution in [-0.4, -0.2) is 29.8 Å². The van der Waals surface area contributed by atoms with Crippen LogP contribution in [0, 0.1) is 10.1 Å². The molecule has 0 N–H and O–H groups in total. The first-order valence-electron chi connectivity index (χ1n) is 4.91. The molecular weight excluding hydrogens is 228 g/mol. The molecule has 17 heavy (non-hydrogen) atoms. The lowest BCUT2D eigenvalue weighted by atomic mass is 10.1. The summed E-state index contributed by atoms with van der Waals surface area (Å²) in [5.41, 5.74) is 0.166. The van der Waals surface area contributed by atoms with E-state index in [1.165, 1.54) is 11.0 Å². The van der Waals surface area contributed by atoms with Crippen LogP contribution in [0.25, 0.3) is 0 Å².